The maximum atomic E-state index is 11.9. The second-order valence-electron chi connectivity index (χ2n) is 12.5. The summed E-state index contributed by atoms with van der Waals surface area (Å²) in [4.78, 5) is 23.1. The van der Waals surface area contributed by atoms with Crippen LogP contribution in [-0.4, -0.2) is 37.9 Å². The Hall–Kier alpha value is -4.27. The highest BCUT2D eigenvalue weighted by Crippen LogP contribution is 2.27. The van der Waals surface area contributed by atoms with Gasteiger partial charge in [0, 0.05) is 12.0 Å². The summed E-state index contributed by atoms with van der Waals surface area (Å²) in [6, 6.07) is 34.0. The van der Waals surface area contributed by atoms with Gasteiger partial charge in [-0.2, -0.15) is 8.42 Å². The molecule has 7 nitrogen and oxygen atoms in total. The van der Waals surface area contributed by atoms with Crippen LogP contribution in [0.5, 0.6) is 5.75 Å². The third kappa shape index (κ3) is 15.1. The van der Waals surface area contributed by atoms with Crippen molar-refractivity contribution < 1.29 is 32.0 Å². The third-order valence-electron chi connectivity index (χ3n) is 8.35. The predicted octanol–water partition coefficient (Wildman–Crippen LogP) is 10.2. The van der Waals surface area contributed by atoms with E-state index in [0.717, 1.165) is 49.7 Å². The molecule has 0 aliphatic heterocycles. The van der Waals surface area contributed by atoms with E-state index in [-0.39, 0.29) is 12.2 Å². The highest BCUT2D eigenvalue weighted by molar-refractivity contribution is 7.86. The number of rotatable bonds is 14. The Labute approximate surface area is 298 Å². The minimum atomic E-state index is -4.41. The number of hydrogen-bond acceptors (Lipinski definition) is 6. The summed E-state index contributed by atoms with van der Waals surface area (Å²) in [5.74, 6) is 1.20. The zero-order valence-corrected chi connectivity index (χ0v) is 30.3. The van der Waals surface area contributed by atoms with E-state index in [9.17, 15) is 18.0 Å². The van der Waals surface area contributed by atoms with Crippen molar-refractivity contribution in [2.75, 3.05) is 13.2 Å². The summed E-state index contributed by atoms with van der Waals surface area (Å²) < 4.78 is 41.6. The molecule has 0 radical (unpaired) electrons. The molecule has 0 unspecified atom stereocenters. The van der Waals surface area contributed by atoms with Gasteiger partial charge in [-0.3, -0.25) is 9.35 Å². The van der Waals surface area contributed by atoms with Gasteiger partial charge >= 0.3 is 5.97 Å². The number of carbonyl (C=O) groups is 2. The van der Waals surface area contributed by atoms with Crippen molar-refractivity contribution >= 4 is 21.9 Å². The van der Waals surface area contributed by atoms with Gasteiger partial charge in [0.15, 0.2) is 5.78 Å². The molecule has 1 fully saturated rings. The van der Waals surface area contributed by atoms with Gasteiger partial charge in [-0.15, -0.1) is 0 Å². The topological polar surface area (TPSA) is 107 Å². The first-order chi connectivity index (χ1) is 24.2. The number of hydrogen-bond donors (Lipinski definition) is 1. The molecule has 4 aromatic carbocycles. The molecular formula is C42H52O7S. The molecule has 268 valence electrons. The molecule has 0 heterocycles. The summed E-state index contributed by atoms with van der Waals surface area (Å²) in [7, 11) is -4.41. The first-order valence-electron chi connectivity index (χ1n) is 17.8. The average molecular weight is 701 g/mol. The molecule has 0 saturated heterocycles. The molecule has 5 rings (SSSR count). The summed E-state index contributed by atoms with van der Waals surface area (Å²) in [5.41, 5.74) is 3.40. The van der Waals surface area contributed by atoms with Crippen molar-refractivity contribution in [2.45, 2.75) is 89.4 Å². The Balaban J connectivity index is 0.000000204. The Kier molecular flexibility index (Phi) is 18.0. The SMILES string of the molecule is CCCCOC(=O)c1ccccc1S(=O)(=O)O.CCCCOc1ccc(Cc2ccccc2)cc1.O=C(CC1CCCCC1)c1ccccc1. The summed E-state index contributed by atoms with van der Waals surface area (Å²) >= 11 is 0. The molecular weight excluding hydrogens is 649 g/mol. The number of Topliss-reactive ketones (excluding diaryl/α,β-unsaturated/α-hetero) is 1. The lowest BCUT2D eigenvalue weighted by molar-refractivity contribution is 0.0494. The minimum Gasteiger partial charge on any atom is -0.494 e. The monoisotopic (exact) mass is 700 g/mol. The number of ketones is 1. The lowest BCUT2D eigenvalue weighted by Gasteiger charge is -2.20. The molecule has 1 aliphatic rings. The zero-order valence-electron chi connectivity index (χ0n) is 29.5. The average Bonchev–Trinajstić information content (AvgIpc) is 3.14. The zero-order chi connectivity index (χ0) is 36.0. The number of unbranched alkanes of at least 4 members (excludes halogenated alkanes) is 2. The van der Waals surface area contributed by atoms with Crippen molar-refractivity contribution in [2.24, 2.45) is 5.92 Å². The van der Waals surface area contributed by atoms with Gasteiger partial charge in [-0.25, -0.2) is 4.79 Å². The normalized spacial score (nSPS) is 12.8. The molecule has 0 amide bonds. The molecule has 0 bridgehead atoms. The molecule has 8 heteroatoms. The fraction of sp³-hybridized carbons (Fsp3) is 0.381. The largest absolute Gasteiger partial charge is 0.494 e. The van der Waals surface area contributed by atoms with E-state index in [4.69, 9.17) is 14.0 Å². The summed E-state index contributed by atoms with van der Waals surface area (Å²) in [6.07, 6.45) is 12.1. The Morgan fingerprint density at radius 1 is 0.700 bits per heavy atom. The van der Waals surface area contributed by atoms with Crippen LogP contribution >= 0.6 is 0 Å². The van der Waals surface area contributed by atoms with Crippen molar-refractivity contribution in [3.05, 3.63) is 131 Å². The Bertz CT molecular complexity index is 1650. The smallest absolute Gasteiger partial charge is 0.339 e. The van der Waals surface area contributed by atoms with Crippen molar-refractivity contribution in [1.29, 1.82) is 0 Å². The molecule has 0 atom stereocenters. The van der Waals surface area contributed by atoms with Crippen LogP contribution in [0.15, 0.2) is 114 Å². The maximum absolute atomic E-state index is 11.9. The standard InChI is InChI=1S/C17H20O.C14H18O.C11H14O5S/c1-2-3-13-18-17-11-9-16(10-12-17)14-15-7-5-4-6-8-15;15-14(13-9-5-2-6-10-13)11-12-7-3-1-4-8-12;1-2-3-8-16-11(12)9-6-4-5-7-10(9)17(13,14)15/h4-12H,2-3,13-14H2,1H3;2,5-6,9-10,12H,1,3-4,7-8,11H2;4-7H,2-3,8H2,1H3,(H,13,14,15). The number of benzene rings is 4. The second-order valence-corrected chi connectivity index (χ2v) is 13.9. The second kappa shape index (κ2) is 22.4. The van der Waals surface area contributed by atoms with Crippen LogP contribution in [0.2, 0.25) is 0 Å². The summed E-state index contributed by atoms with van der Waals surface area (Å²) in [6.45, 7) is 5.16. The number of esters is 1. The van der Waals surface area contributed by atoms with Crippen LogP contribution in [0.4, 0.5) is 0 Å². The first kappa shape index (κ1) is 40.2. The van der Waals surface area contributed by atoms with Crippen LogP contribution in [0.3, 0.4) is 0 Å². The summed E-state index contributed by atoms with van der Waals surface area (Å²) in [5, 5.41) is 0. The Morgan fingerprint density at radius 3 is 1.88 bits per heavy atom. The van der Waals surface area contributed by atoms with Crippen LogP contribution in [0.25, 0.3) is 0 Å². The van der Waals surface area contributed by atoms with Gasteiger partial charge in [0.25, 0.3) is 10.1 Å². The molecule has 1 aliphatic carbocycles. The van der Waals surface area contributed by atoms with Crippen LogP contribution < -0.4 is 4.74 Å². The highest BCUT2D eigenvalue weighted by atomic mass is 32.2. The molecule has 0 spiro atoms. The lowest BCUT2D eigenvalue weighted by Crippen LogP contribution is -2.12. The van der Waals surface area contributed by atoms with E-state index in [1.54, 1.807) is 0 Å². The van der Waals surface area contributed by atoms with E-state index < -0.39 is 21.0 Å². The van der Waals surface area contributed by atoms with Crippen LogP contribution in [0, 0.1) is 5.92 Å². The molecule has 50 heavy (non-hydrogen) atoms. The van der Waals surface area contributed by atoms with Gasteiger partial charge in [-0.1, -0.05) is 144 Å². The number of carbonyl (C=O) groups excluding carboxylic acids is 2. The van der Waals surface area contributed by atoms with E-state index in [2.05, 4.69) is 55.5 Å². The van der Waals surface area contributed by atoms with Gasteiger partial charge < -0.3 is 9.47 Å². The first-order valence-corrected chi connectivity index (χ1v) is 19.2. The van der Waals surface area contributed by atoms with Crippen molar-refractivity contribution in [1.82, 2.24) is 0 Å². The van der Waals surface area contributed by atoms with Crippen molar-refractivity contribution in [3.63, 3.8) is 0 Å². The van der Waals surface area contributed by atoms with E-state index in [1.807, 2.05) is 43.3 Å². The third-order valence-corrected chi connectivity index (χ3v) is 9.26. The highest BCUT2D eigenvalue weighted by Gasteiger charge is 2.21. The van der Waals surface area contributed by atoms with Crippen LogP contribution in [-0.2, 0) is 21.3 Å². The van der Waals surface area contributed by atoms with Gasteiger partial charge in [0.2, 0.25) is 0 Å². The van der Waals surface area contributed by atoms with E-state index in [0.29, 0.717) is 18.1 Å². The predicted molar refractivity (Wildman–Crippen MR) is 200 cm³/mol. The fourth-order valence-corrected chi connectivity index (χ4v) is 6.19. The lowest BCUT2D eigenvalue weighted by atomic mass is 9.85. The van der Waals surface area contributed by atoms with E-state index >= 15 is 0 Å². The van der Waals surface area contributed by atoms with Gasteiger partial charge in [0.1, 0.15) is 10.6 Å². The van der Waals surface area contributed by atoms with Gasteiger partial charge in [-0.05, 0) is 60.6 Å². The molecule has 1 saturated carbocycles. The van der Waals surface area contributed by atoms with E-state index in [1.165, 1.54) is 67.9 Å². The Morgan fingerprint density at radius 2 is 1.26 bits per heavy atom. The maximum Gasteiger partial charge on any atom is 0.339 e. The minimum absolute atomic E-state index is 0.147. The molecule has 1 N–H and O–H groups in total. The van der Waals surface area contributed by atoms with Crippen molar-refractivity contribution in [3.8, 4) is 5.75 Å². The van der Waals surface area contributed by atoms with Gasteiger partial charge in [0.05, 0.1) is 18.8 Å². The molecule has 4 aromatic rings. The quantitative estimate of drug-likeness (QED) is 0.0604. The number of ether oxygens (including phenoxy) is 2. The molecule has 0 aromatic heterocycles. The fourth-order valence-electron chi connectivity index (χ4n) is 5.51. The van der Waals surface area contributed by atoms with Crippen LogP contribution in [0.1, 0.15) is 110 Å².